The van der Waals surface area contributed by atoms with Gasteiger partial charge in [-0.2, -0.15) is 13.5 Å². The number of nitrogens with one attached hydrogen (secondary N) is 1. The fourth-order valence-corrected chi connectivity index (χ4v) is 2.52. The van der Waals surface area contributed by atoms with Gasteiger partial charge in [-0.05, 0) is 30.3 Å². The van der Waals surface area contributed by atoms with Gasteiger partial charge in [-0.25, -0.2) is 4.83 Å². The maximum atomic E-state index is 12.0. The third-order valence-corrected chi connectivity index (χ3v) is 4.21. The van der Waals surface area contributed by atoms with Crippen LogP contribution in [-0.4, -0.2) is 31.8 Å². The van der Waals surface area contributed by atoms with Crippen molar-refractivity contribution in [3.63, 3.8) is 0 Å². The van der Waals surface area contributed by atoms with E-state index in [1.54, 1.807) is 0 Å². The van der Waals surface area contributed by atoms with Gasteiger partial charge < -0.3 is 9.84 Å². The number of sulfonamides is 1. The van der Waals surface area contributed by atoms with Crippen molar-refractivity contribution < 1.29 is 23.2 Å². The first kappa shape index (κ1) is 17.2. The first-order chi connectivity index (χ1) is 11.3. The van der Waals surface area contributed by atoms with Crippen LogP contribution >= 0.6 is 0 Å². The Morgan fingerprint density at radius 1 is 1.25 bits per heavy atom. The van der Waals surface area contributed by atoms with E-state index in [0.717, 1.165) is 24.4 Å². The maximum Gasteiger partial charge on any atom is 0.276 e. The molecule has 0 saturated heterocycles. The van der Waals surface area contributed by atoms with Crippen molar-refractivity contribution in [2.24, 2.45) is 5.10 Å². The number of ether oxygens (including phenoxy) is 1. The van der Waals surface area contributed by atoms with Gasteiger partial charge in [0.15, 0.2) is 0 Å². The second kappa shape index (κ2) is 6.96. The minimum Gasteiger partial charge on any atom is -0.507 e. The smallest absolute Gasteiger partial charge is 0.276 e. The van der Waals surface area contributed by atoms with Crippen molar-refractivity contribution in [3.05, 3.63) is 58.1 Å². The van der Waals surface area contributed by atoms with Crippen molar-refractivity contribution in [3.8, 4) is 11.5 Å². The Hall–Kier alpha value is -3.14. The Morgan fingerprint density at radius 2 is 1.92 bits per heavy atom. The van der Waals surface area contributed by atoms with Gasteiger partial charge >= 0.3 is 0 Å². The normalized spacial score (nSPS) is 11.4. The Labute approximate surface area is 137 Å². The van der Waals surface area contributed by atoms with Crippen molar-refractivity contribution >= 4 is 21.9 Å². The summed E-state index contributed by atoms with van der Waals surface area (Å²) in [5.41, 5.74) is -0.256. The summed E-state index contributed by atoms with van der Waals surface area (Å²) in [6.07, 6.45) is 0.976. The molecule has 2 N–H and O–H groups in total. The van der Waals surface area contributed by atoms with Crippen LogP contribution in [0, 0.1) is 10.1 Å². The van der Waals surface area contributed by atoms with E-state index < -0.39 is 14.9 Å². The maximum absolute atomic E-state index is 12.0. The Balaban J connectivity index is 2.18. The summed E-state index contributed by atoms with van der Waals surface area (Å²) in [4.78, 5) is 12.0. The van der Waals surface area contributed by atoms with Crippen LogP contribution in [0.3, 0.4) is 0 Å². The molecule has 0 bridgehead atoms. The average molecular weight is 351 g/mol. The van der Waals surface area contributed by atoms with E-state index in [2.05, 4.69) is 5.10 Å². The molecule has 0 amide bonds. The van der Waals surface area contributed by atoms with Gasteiger partial charge in [-0.3, -0.25) is 10.1 Å². The lowest BCUT2D eigenvalue weighted by atomic mass is 10.2. The van der Waals surface area contributed by atoms with Crippen LogP contribution in [0.5, 0.6) is 11.5 Å². The summed E-state index contributed by atoms with van der Waals surface area (Å²) in [5, 5.41) is 23.8. The zero-order valence-electron chi connectivity index (χ0n) is 12.4. The van der Waals surface area contributed by atoms with E-state index in [0.29, 0.717) is 5.75 Å². The molecule has 0 radical (unpaired) electrons. The Bertz CT molecular complexity index is 878. The molecule has 0 atom stereocenters. The molecule has 24 heavy (non-hydrogen) atoms. The minimum absolute atomic E-state index is 0.00151. The van der Waals surface area contributed by atoms with E-state index in [1.165, 1.54) is 31.4 Å². The number of nitro groups is 1. The third-order valence-electron chi connectivity index (χ3n) is 2.97. The highest BCUT2D eigenvalue weighted by Crippen LogP contribution is 2.21. The summed E-state index contributed by atoms with van der Waals surface area (Å²) < 4.78 is 29.0. The molecular formula is C14H13N3O6S. The zero-order chi connectivity index (χ0) is 17.7. The topological polar surface area (TPSA) is 131 Å². The molecular weight excluding hydrogens is 338 g/mol. The molecule has 0 aliphatic rings. The van der Waals surface area contributed by atoms with Crippen molar-refractivity contribution in [1.29, 1.82) is 0 Å². The fourth-order valence-electron chi connectivity index (χ4n) is 1.73. The van der Waals surface area contributed by atoms with Crippen LogP contribution in [0.25, 0.3) is 0 Å². The van der Waals surface area contributed by atoms with Gasteiger partial charge in [0.25, 0.3) is 15.7 Å². The van der Waals surface area contributed by atoms with Crippen LogP contribution in [0.2, 0.25) is 0 Å². The summed E-state index contributed by atoms with van der Waals surface area (Å²) in [6, 6.07) is 8.94. The van der Waals surface area contributed by atoms with Gasteiger partial charge in [0, 0.05) is 17.7 Å². The van der Waals surface area contributed by atoms with Gasteiger partial charge in [-0.15, -0.1) is 0 Å². The molecule has 126 valence electrons. The molecule has 0 aliphatic carbocycles. The predicted octanol–water partition coefficient (Wildman–Crippen LogP) is 1.62. The fraction of sp³-hybridized carbons (Fsp3) is 0.0714. The second-order valence-electron chi connectivity index (χ2n) is 4.53. The lowest BCUT2D eigenvalue weighted by Gasteiger charge is -2.05. The number of hydrogen-bond donors (Lipinski definition) is 2. The number of benzene rings is 2. The molecule has 2 aromatic carbocycles. The largest absolute Gasteiger partial charge is 0.507 e. The highest BCUT2D eigenvalue weighted by atomic mass is 32.2. The molecule has 9 nitrogen and oxygen atoms in total. The van der Waals surface area contributed by atoms with Crippen LogP contribution < -0.4 is 9.57 Å². The Morgan fingerprint density at radius 3 is 2.50 bits per heavy atom. The monoisotopic (exact) mass is 351 g/mol. The standard InChI is InChI=1S/C14H13N3O6S/c1-23-12-3-5-13(6-4-12)24(21,22)16-15-9-10-8-11(17(19)20)2-7-14(10)18/h2-9,16,18H,1H3/b15-9+. The summed E-state index contributed by atoms with van der Waals surface area (Å²) >= 11 is 0. The van der Waals surface area contributed by atoms with Gasteiger partial charge in [-0.1, -0.05) is 0 Å². The molecule has 0 saturated carbocycles. The molecule has 0 aliphatic heterocycles. The molecule has 10 heteroatoms. The summed E-state index contributed by atoms with van der Waals surface area (Å²) in [6.45, 7) is 0. The predicted molar refractivity (Wildman–Crippen MR) is 85.7 cm³/mol. The number of methoxy groups -OCH3 is 1. The van der Waals surface area contributed by atoms with Crippen LogP contribution in [-0.2, 0) is 10.0 Å². The van der Waals surface area contributed by atoms with Crippen molar-refractivity contribution in [2.45, 2.75) is 4.90 Å². The summed E-state index contributed by atoms with van der Waals surface area (Å²) in [7, 11) is -2.46. The van der Waals surface area contributed by atoms with E-state index in [-0.39, 0.29) is 21.9 Å². The minimum atomic E-state index is -3.91. The quantitative estimate of drug-likeness (QED) is 0.462. The molecule has 2 rings (SSSR count). The van der Waals surface area contributed by atoms with Crippen LogP contribution in [0.15, 0.2) is 52.5 Å². The van der Waals surface area contributed by atoms with E-state index in [9.17, 15) is 23.6 Å². The van der Waals surface area contributed by atoms with Gasteiger partial charge in [0.1, 0.15) is 11.5 Å². The zero-order valence-corrected chi connectivity index (χ0v) is 13.2. The van der Waals surface area contributed by atoms with Crippen molar-refractivity contribution in [1.82, 2.24) is 4.83 Å². The number of phenols is 1. The molecule has 0 unspecified atom stereocenters. The Kier molecular flexibility index (Phi) is 4.99. The van der Waals surface area contributed by atoms with Crippen LogP contribution in [0.1, 0.15) is 5.56 Å². The number of nitro benzene ring substituents is 1. The number of phenolic OH excluding ortho intramolecular Hbond substituents is 1. The molecule has 0 fully saturated rings. The lowest BCUT2D eigenvalue weighted by Crippen LogP contribution is -2.18. The number of aromatic hydroxyl groups is 1. The van der Waals surface area contributed by atoms with Gasteiger partial charge in [0.05, 0.1) is 23.1 Å². The number of hydrogen-bond acceptors (Lipinski definition) is 7. The number of nitrogens with zero attached hydrogens (tertiary/aromatic N) is 2. The average Bonchev–Trinajstić information content (AvgIpc) is 2.56. The molecule has 0 aromatic heterocycles. The molecule has 0 spiro atoms. The number of hydrazone groups is 1. The lowest BCUT2D eigenvalue weighted by molar-refractivity contribution is -0.384. The summed E-state index contributed by atoms with van der Waals surface area (Å²) in [5.74, 6) is 0.229. The number of non-ortho nitro benzene ring substituents is 1. The SMILES string of the molecule is COc1ccc(S(=O)(=O)N/N=C/c2cc([N+](=O)[O-])ccc2O)cc1. The molecule has 2 aromatic rings. The van der Waals surface area contributed by atoms with E-state index in [4.69, 9.17) is 4.74 Å². The van der Waals surface area contributed by atoms with Crippen molar-refractivity contribution in [2.75, 3.05) is 7.11 Å². The highest BCUT2D eigenvalue weighted by molar-refractivity contribution is 7.89. The first-order valence-corrected chi connectivity index (χ1v) is 7.98. The van der Waals surface area contributed by atoms with Crippen LogP contribution in [0.4, 0.5) is 5.69 Å². The number of rotatable bonds is 6. The first-order valence-electron chi connectivity index (χ1n) is 6.50. The van der Waals surface area contributed by atoms with E-state index in [1.807, 2.05) is 4.83 Å². The molecule has 0 heterocycles. The van der Waals surface area contributed by atoms with Gasteiger partial charge in [0.2, 0.25) is 0 Å². The highest BCUT2D eigenvalue weighted by Gasteiger charge is 2.13. The third kappa shape index (κ3) is 3.98. The van der Waals surface area contributed by atoms with E-state index >= 15 is 0 Å². The second-order valence-corrected chi connectivity index (χ2v) is 6.19.